The number of nitrogens with one attached hydrogen (secondary N) is 2. The molecule has 0 saturated carbocycles. The van der Waals surface area contributed by atoms with E-state index in [4.69, 9.17) is 23.2 Å². The molecule has 0 spiro atoms. The molecule has 13 heteroatoms. The van der Waals surface area contributed by atoms with Crippen LogP contribution in [-0.2, 0) is 23.0 Å². The number of carbonyl (C=O) groups is 1. The molecule has 3 heterocycles. The number of sulfonamides is 1. The van der Waals surface area contributed by atoms with Crippen LogP contribution in [0.3, 0.4) is 0 Å². The highest BCUT2D eigenvalue weighted by Gasteiger charge is 2.26. The molecule has 0 atom stereocenters. The molecule has 1 aromatic carbocycles. The quantitative estimate of drug-likeness (QED) is 0.492. The Balaban J connectivity index is 1.48. The monoisotopic (exact) mass is 529 g/mol. The van der Waals surface area contributed by atoms with E-state index < -0.39 is 28.4 Å². The number of aromatic nitrogens is 3. The summed E-state index contributed by atoms with van der Waals surface area (Å²) in [7, 11) is -4.19. The number of urea groups is 1. The third kappa shape index (κ3) is 5.37. The van der Waals surface area contributed by atoms with Gasteiger partial charge in [-0.3, -0.25) is 0 Å². The summed E-state index contributed by atoms with van der Waals surface area (Å²) in [5, 5.41) is 10.7. The Morgan fingerprint density at radius 1 is 1.24 bits per heavy atom. The van der Waals surface area contributed by atoms with Crippen molar-refractivity contribution < 1.29 is 17.6 Å². The lowest BCUT2D eigenvalue weighted by molar-refractivity contribution is 0.246. The van der Waals surface area contributed by atoms with Crippen molar-refractivity contribution in [2.45, 2.75) is 30.0 Å². The lowest BCUT2D eigenvalue weighted by atomic mass is 9.97. The second kappa shape index (κ2) is 9.80. The molecule has 2 amide bonds. The smallest absolute Gasteiger partial charge is 0.329 e. The summed E-state index contributed by atoms with van der Waals surface area (Å²) in [4.78, 5) is 12.1. The van der Waals surface area contributed by atoms with Crippen molar-refractivity contribution in [3.8, 4) is 0 Å². The lowest BCUT2D eigenvalue weighted by Gasteiger charge is -2.18. The number of hydrogen-bond donors (Lipinski definition) is 2. The van der Waals surface area contributed by atoms with E-state index in [2.05, 4.69) is 15.6 Å². The minimum atomic E-state index is -4.19. The Morgan fingerprint density at radius 2 is 2.00 bits per heavy atom. The van der Waals surface area contributed by atoms with Gasteiger partial charge in [-0.25, -0.2) is 27.0 Å². The Labute approximate surface area is 203 Å². The number of amides is 2. The van der Waals surface area contributed by atoms with E-state index in [9.17, 15) is 13.2 Å². The topological polar surface area (TPSA) is 106 Å². The first kappa shape index (κ1) is 23.7. The van der Waals surface area contributed by atoms with Gasteiger partial charge in [0, 0.05) is 18.5 Å². The summed E-state index contributed by atoms with van der Waals surface area (Å²) in [6.45, 7) is 0.130. The lowest BCUT2D eigenvalue weighted by Crippen LogP contribution is -2.39. The van der Waals surface area contributed by atoms with E-state index in [-0.39, 0.29) is 13.6 Å². The van der Waals surface area contributed by atoms with Gasteiger partial charge >= 0.3 is 6.03 Å². The molecule has 2 aromatic heterocycles. The van der Waals surface area contributed by atoms with Crippen molar-refractivity contribution in [3.63, 3.8) is 0 Å². The third-order valence-corrected chi connectivity index (χ3v) is 8.62. The predicted molar refractivity (Wildman–Crippen MR) is 125 cm³/mol. The van der Waals surface area contributed by atoms with Gasteiger partial charge in [-0.05, 0) is 24.5 Å². The molecule has 4 rings (SSSR count). The van der Waals surface area contributed by atoms with E-state index >= 15 is 4.39 Å². The number of aryl methyl sites for hydroxylation is 1. The van der Waals surface area contributed by atoms with E-state index in [1.807, 2.05) is 35.1 Å². The highest BCUT2D eigenvalue weighted by atomic mass is 35.5. The van der Waals surface area contributed by atoms with Crippen molar-refractivity contribution >= 4 is 56.2 Å². The van der Waals surface area contributed by atoms with E-state index in [1.54, 1.807) is 4.68 Å². The van der Waals surface area contributed by atoms with Crippen LogP contribution in [0.15, 0.2) is 46.4 Å². The highest BCUT2D eigenvalue weighted by molar-refractivity contribution is 7.92. The summed E-state index contributed by atoms with van der Waals surface area (Å²) in [6.07, 6.45) is 1.62. The number of allylic oxidation sites excluding steroid dienone is 1. The molecule has 174 valence electrons. The minimum absolute atomic E-state index is 0.0621. The molecule has 8 nitrogen and oxygen atoms in total. The van der Waals surface area contributed by atoms with Gasteiger partial charge in [-0.15, -0.1) is 16.4 Å². The largest absolute Gasteiger partial charge is 0.331 e. The van der Waals surface area contributed by atoms with Crippen LogP contribution in [0.4, 0.5) is 9.18 Å². The van der Waals surface area contributed by atoms with Crippen molar-refractivity contribution in [2.75, 3.05) is 6.54 Å². The molecule has 1 aliphatic heterocycles. The molecule has 33 heavy (non-hydrogen) atoms. The fourth-order valence-electron chi connectivity index (χ4n) is 3.46. The zero-order chi connectivity index (χ0) is 23.6. The maximum absolute atomic E-state index is 15.1. The van der Waals surface area contributed by atoms with Crippen molar-refractivity contribution in [1.29, 1.82) is 0 Å². The molecule has 0 radical (unpaired) electrons. The minimum Gasteiger partial charge on any atom is -0.331 e. The Hall–Kier alpha value is -2.47. The van der Waals surface area contributed by atoms with Crippen LogP contribution < -0.4 is 10.0 Å². The Morgan fingerprint density at radius 3 is 2.70 bits per heavy atom. The maximum atomic E-state index is 15.1. The second-order valence-electron chi connectivity index (χ2n) is 7.23. The summed E-state index contributed by atoms with van der Waals surface area (Å²) < 4.78 is 43.1. The van der Waals surface area contributed by atoms with Gasteiger partial charge in [0.05, 0.1) is 23.0 Å². The summed E-state index contributed by atoms with van der Waals surface area (Å²) >= 11 is 12.3. The number of thiophene rings is 1. The van der Waals surface area contributed by atoms with Gasteiger partial charge < -0.3 is 5.32 Å². The van der Waals surface area contributed by atoms with Crippen molar-refractivity contribution in [2.24, 2.45) is 0 Å². The zero-order valence-electron chi connectivity index (χ0n) is 17.0. The first-order valence-electron chi connectivity index (χ1n) is 9.84. The van der Waals surface area contributed by atoms with E-state index in [0.29, 0.717) is 54.1 Å². The van der Waals surface area contributed by atoms with Crippen LogP contribution in [0.2, 0.25) is 9.36 Å². The molecule has 0 saturated heterocycles. The average Bonchev–Trinajstić information content (AvgIpc) is 3.36. The van der Waals surface area contributed by atoms with Crippen LogP contribution in [0.1, 0.15) is 29.8 Å². The summed E-state index contributed by atoms with van der Waals surface area (Å²) in [6, 6.07) is 9.71. The van der Waals surface area contributed by atoms with Crippen LogP contribution in [0.25, 0.3) is 5.57 Å². The van der Waals surface area contributed by atoms with Crippen molar-refractivity contribution in [1.82, 2.24) is 25.0 Å². The molecule has 2 N–H and O–H groups in total. The SMILES string of the molecule is O=C(NCC(F)=C1CCCn2nnc(Cc3ccccc3)c21)NS(=O)(=O)c1cc(Cl)c(Cl)s1. The van der Waals surface area contributed by atoms with E-state index in [1.165, 1.54) is 0 Å². The van der Waals surface area contributed by atoms with Crippen LogP contribution in [0.5, 0.6) is 0 Å². The number of benzene rings is 1. The van der Waals surface area contributed by atoms with Crippen molar-refractivity contribution in [3.05, 3.63) is 68.5 Å². The van der Waals surface area contributed by atoms with Gasteiger partial charge in [-0.2, -0.15) is 0 Å². The van der Waals surface area contributed by atoms with Gasteiger partial charge in [0.1, 0.15) is 14.4 Å². The molecular weight excluding hydrogens is 512 g/mol. The number of hydrogen-bond acceptors (Lipinski definition) is 6. The Bertz CT molecular complexity index is 1300. The number of halogens is 3. The molecule has 3 aromatic rings. The molecule has 0 bridgehead atoms. The number of carbonyl (C=O) groups excluding carboxylic acids is 1. The van der Waals surface area contributed by atoms with E-state index in [0.717, 1.165) is 11.6 Å². The Kier molecular flexibility index (Phi) is 7.03. The molecule has 0 aliphatic carbocycles. The highest BCUT2D eigenvalue weighted by Crippen LogP contribution is 2.34. The molecular formula is C20H18Cl2FN5O3S2. The summed E-state index contributed by atoms with van der Waals surface area (Å²) in [5.41, 5.74) is 2.66. The number of nitrogens with zero attached hydrogens (tertiary/aromatic N) is 3. The van der Waals surface area contributed by atoms with Gasteiger partial charge in [-0.1, -0.05) is 58.7 Å². The standard InChI is InChI=1S/C20H18Cl2FN5O3S2/c21-14-10-17(32-19(14)22)33(30,31)26-20(29)24-11-15(23)13-7-4-8-28-18(13)16(25-27-28)9-12-5-2-1-3-6-12/h1-3,5-6,10H,4,7-9,11H2,(H2,24,26,29). The first-order chi connectivity index (χ1) is 15.7. The van der Waals surface area contributed by atoms with Gasteiger partial charge in [0.15, 0.2) is 0 Å². The first-order valence-corrected chi connectivity index (χ1v) is 12.9. The van der Waals surface area contributed by atoms with Gasteiger partial charge in [0.25, 0.3) is 10.0 Å². The van der Waals surface area contributed by atoms with Gasteiger partial charge in [0.2, 0.25) is 0 Å². The fourth-order valence-corrected chi connectivity index (χ4v) is 6.27. The maximum Gasteiger partial charge on any atom is 0.329 e. The van der Waals surface area contributed by atoms with Crippen LogP contribution in [0, 0.1) is 0 Å². The average molecular weight is 530 g/mol. The molecule has 1 aliphatic rings. The predicted octanol–water partition coefficient (Wildman–Crippen LogP) is 4.40. The van der Waals surface area contributed by atoms with Crippen LogP contribution >= 0.6 is 34.5 Å². The summed E-state index contributed by atoms with van der Waals surface area (Å²) in [5.74, 6) is -0.581. The third-order valence-electron chi connectivity index (χ3n) is 4.95. The molecule has 0 fully saturated rings. The molecule has 0 unspecified atom stereocenters. The number of rotatable bonds is 6. The fraction of sp³-hybridized carbons (Fsp3) is 0.250. The van der Waals surface area contributed by atoms with Crippen LogP contribution in [-0.4, -0.2) is 36.0 Å². The second-order valence-corrected chi connectivity index (χ2v) is 11.2. The zero-order valence-corrected chi connectivity index (χ0v) is 20.2. The normalized spacial score (nSPS) is 15.1. The number of fused-ring (bicyclic) bond motifs is 1.